The third-order valence-electron chi connectivity index (χ3n) is 5.63. The molecule has 1 aliphatic heterocycles. The summed E-state index contributed by atoms with van der Waals surface area (Å²) in [5.41, 5.74) is 0.580. The summed E-state index contributed by atoms with van der Waals surface area (Å²) in [7, 11) is 2.76. The van der Waals surface area contributed by atoms with Crippen LogP contribution in [0.25, 0.3) is 5.76 Å². The number of carbonyl (C=O) groups excluding carboxylic acids is 2. The molecule has 2 aromatic rings. The van der Waals surface area contributed by atoms with Crippen LogP contribution in [0.15, 0.2) is 48.6 Å². The van der Waals surface area contributed by atoms with Crippen LogP contribution in [0.4, 0.5) is 0 Å². The number of hydrogen-bond acceptors (Lipinski definition) is 6. The molecule has 1 saturated heterocycles. The lowest BCUT2D eigenvalue weighted by Crippen LogP contribution is -2.30. The normalized spacial score (nSPS) is 16.9. The van der Waals surface area contributed by atoms with Gasteiger partial charge >= 0.3 is 0 Å². The second-order valence-corrected chi connectivity index (χ2v) is 8.59. The summed E-state index contributed by atoms with van der Waals surface area (Å²) in [4.78, 5) is 27.8. The molecule has 186 valence electrons. The molecule has 2 aromatic carbocycles. The van der Waals surface area contributed by atoms with Gasteiger partial charge in [0.15, 0.2) is 11.5 Å². The molecule has 0 bridgehead atoms. The fourth-order valence-electron chi connectivity index (χ4n) is 4.01. The molecule has 1 N–H and O–H groups in total. The molecule has 0 spiro atoms. The van der Waals surface area contributed by atoms with E-state index in [1.165, 1.54) is 25.2 Å². The van der Waals surface area contributed by atoms with E-state index in [2.05, 4.69) is 6.58 Å². The number of carbonyl (C=O) groups is 2. The number of halogens is 2. The Kier molecular flexibility index (Phi) is 8.70. The summed E-state index contributed by atoms with van der Waals surface area (Å²) < 4.78 is 16.3. The maximum absolute atomic E-state index is 13.2. The minimum absolute atomic E-state index is 0.0284. The van der Waals surface area contributed by atoms with Crippen LogP contribution >= 0.6 is 23.2 Å². The first-order valence-electron chi connectivity index (χ1n) is 11.0. The molecule has 0 aliphatic carbocycles. The van der Waals surface area contributed by atoms with Crippen LogP contribution < -0.4 is 14.2 Å². The molecule has 7 nitrogen and oxygen atoms in total. The fourth-order valence-corrected chi connectivity index (χ4v) is 4.69. The summed E-state index contributed by atoms with van der Waals surface area (Å²) in [6.45, 7) is 6.26. The number of benzene rings is 2. The largest absolute Gasteiger partial charge is 0.507 e. The maximum atomic E-state index is 13.2. The van der Waals surface area contributed by atoms with Crippen LogP contribution in [-0.4, -0.2) is 49.1 Å². The van der Waals surface area contributed by atoms with E-state index in [0.29, 0.717) is 30.9 Å². The molecule has 0 aromatic heterocycles. The number of methoxy groups -OCH3 is 2. The van der Waals surface area contributed by atoms with Gasteiger partial charge in [0.05, 0.1) is 36.4 Å². The number of nitrogens with zero attached hydrogens (tertiary/aromatic N) is 1. The van der Waals surface area contributed by atoms with E-state index in [0.717, 1.165) is 6.42 Å². The van der Waals surface area contributed by atoms with Gasteiger partial charge in [-0.2, -0.15) is 0 Å². The first-order chi connectivity index (χ1) is 16.8. The van der Waals surface area contributed by atoms with Crippen LogP contribution in [0.3, 0.4) is 0 Å². The number of aliphatic hydroxyl groups excluding tert-OH is 1. The second-order valence-electron chi connectivity index (χ2n) is 7.80. The van der Waals surface area contributed by atoms with Crippen molar-refractivity contribution in [1.29, 1.82) is 0 Å². The van der Waals surface area contributed by atoms with Crippen molar-refractivity contribution in [2.45, 2.75) is 25.8 Å². The SMILES string of the molecule is C=CCOc1cccc(C2/C(=C(\O)c3cc(Cl)c(OC)c(Cl)c3OC)C(=O)C(=O)N2CCCC)c1. The van der Waals surface area contributed by atoms with Crippen molar-refractivity contribution >= 4 is 40.7 Å². The standard InChI is InChI=1S/C26H27Cl2NO6/c1-5-7-11-29-21(15-9-8-10-16(13-15)35-12-6-2)19(23(31)26(29)32)22(30)17-14-18(27)25(34-4)20(28)24(17)33-3/h6,8-10,13-14,21,30H,2,5,7,11-12H2,1,3-4H3/b22-19+. The number of aliphatic hydroxyl groups is 1. The lowest BCUT2D eigenvalue weighted by molar-refractivity contribution is -0.139. The quantitative estimate of drug-likeness (QED) is 0.185. The number of Topliss-reactive ketones (excluding diaryl/α,β-unsaturated/α-hetero) is 1. The summed E-state index contributed by atoms with van der Waals surface area (Å²) in [6.07, 6.45) is 3.11. The number of rotatable bonds is 10. The summed E-state index contributed by atoms with van der Waals surface area (Å²) in [5.74, 6) is -1.20. The van der Waals surface area contributed by atoms with Crippen LogP contribution in [0.5, 0.6) is 17.2 Å². The predicted octanol–water partition coefficient (Wildman–Crippen LogP) is 5.80. The average molecular weight is 520 g/mol. The van der Waals surface area contributed by atoms with Gasteiger partial charge in [0.2, 0.25) is 0 Å². The molecule has 0 saturated carbocycles. The van der Waals surface area contributed by atoms with Crippen molar-refractivity contribution in [2.24, 2.45) is 0 Å². The van der Waals surface area contributed by atoms with E-state index < -0.39 is 23.5 Å². The minimum Gasteiger partial charge on any atom is -0.507 e. The fraction of sp³-hybridized carbons (Fsp3) is 0.308. The number of ketones is 1. The van der Waals surface area contributed by atoms with Gasteiger partial charge in [-0.25, -0.2) is 0 Å². The summed E-state index contributed by atoms with van der Waals surface area (Å²) >= 11 is 12.7. The Bertz CT molecular complexity index is 1180. The first kappa shape index (κ1) is 26.4. The molecule has 1 unspecified atom stereocenters. The average Bonchev–Trinajstić information content (AvgIpc) is 3.10. The van der Waals surface area contributed by atoms with Gasteiger partial charge in [-0.3, -0.25) is 9.59 Å². The Morgan fingerprint density at radius 1 is 1.17 bits per heavy atom. The van der Waals surface area contributed by atoms with Gasteiger partial charge in [-0.15, -0.1) is 0 Å². The van der Waals surface area contributed by atoms with Crippen LogP contribution in [-0.2, 0) is 9.59 Å². The number of hydrogen-bond donors (Lipinski definition) is 1. The van der Waals surface area contributed by atoms with Gasteiger partial charge in [0.25, 0.3) is 11.7 Å². The zero-order valence-electron chi connectivity index (χ0n) is 19.8. The van der Waals surface area contributed by atoms with Crippen molar-refractivity contribution in [3.63, 3.8) is 0 Å². The molecule has 1 amide bonds. The molecule has 1 atom stereocenters. The zero-order valence-corrected chi connectivity index (χ0v) is 21.3. The highest BCUT2D eigenvalue weighted by atomic mass is 35.5. The molecule has 1 fully saturated rings. The van der Waals surface area contributed by atoms with Crippen molar-refractivity contribution in [1.82, 2.24) is 4.90 Å². The highest BCUT2D eigenvalue weighted by Gasteiger charge is 2.46. The van der Waals surface area contributed by atoms with E-state index in [4.69, 9.17) is 37.4 Å². The predicted molar refractivity (Wildman–Crippen MR) is 136 cm³/mol. The zero-order chi connectivity index (χ0) is 25.7. The van der Waals surface area contributed by atoms with Crippen molar-refractivity contribution in [3.8, 4) is 17.2 Å². The maximum Gasteiger partial charge on any atom is 0.295 e. The molecule has 1 aliphatic rings. The number of unbranched alkanes of at least 4 members (excludes halogenated alkanes) is 1. The van der Waals surface area contributed by atoms with E-state index in [1.54, 1.807) is 30.3 Å². The molecule has 3 rings (SSSR count). The Morgan fingerprint density at radius 3 is 2.51 bits per heavy atom. The number of likely N-dealkylation sites (tertiary alicyclic amines) is 1. The Balaban J connectivity index is 2.26. The van der Waals surface area contributed by atoms with Gasteiger partial charge in [-0.1, -0.05) is 61.3 Å². The number of ether oxygens (including phenoxy) is 3. The molecule has 1 heterocycles. The minimum atomic E-state index is -0.849. The third kappa shape index (κ3) is 5.11. The second kappa shape index (κ2) is 11.5. The lowest BCUT2D eigenvalue weighted by Gasteiger charge is -2.26. The van der Waals surface area contributed by atoms with Crippen LogP contribution in [0.1, 0.15) is 36.9 Å². The topological polar surface area (TPSA) is 85.3 Å². The van der Waals surface area contributed by atoms with Gasteiger partial charge < -0.3 is 24.2 Å². The van der Waals surface area contributed by atoms with E-state index in [9.17, 15) is 14.7 Å². The summed E-state index contributed by atoms with van der Waals surface area (Å²) in [6, 6.07) is 7.57. The van der Waals surface area contributed by atoms with Gasteiger partial charge in [0.1, 0.15) is 23.1 Å². The summed E-state index contributed by atoms with van der Waals surface area (Å²) in [5, 5.41) is 11.6. The van der Waals surface area contributed by atoms with Crippen LogP contribution in [0.2, 0.25) is 10.0 Å². The highest BCUT2D eigenvalue weighted by molar-refractivity contribution is 6.47. The number of amides is 1. The van der Waals surface area contributed by atoms with E-state index in [-0.39, 0.29) is 32.7 Å². The van der Waals surface area contributed by atoms with Crippen molar-refractivity contribution < 1.29 is 28.9 Å². The Hall–Kier alpha value is -3.16. The molecule has 9 heteroatoms. The van der Waals surface area contributed by atoms with E-state index >= 15 is 0 Å². The Labute approximate surface area is 214 Å². The van der Waals surface area contributed by atoms with Gasteiger partial charge in [0, 0.05) is 6.54 Å². The molecule has 0 radical (unpaired) electrons. The van der Waals surface area contributed by atoms with Crippen LogP contribution in [0, 0.1) is 0 Å². The van der Waals surface area contributed by atoms with E-state index in [1.807, 2.05) is 6.92 Å². The van der Waals surface area contributed by atoms with Gasteiger partial charge in [-0.05, 0) is 30.2 Å². The third-order valence-corrected chi connectivity index (χ3v) is 6.25. The van der Waals surface area contributed by atoms with Crippen molar-refractivity contribution in [3.05, 3.63) is 69.7 Å². The molecular weight excluding hydrogens is 493 g/mol. The smallest absolute Gasteiger partial charge is 0.295 e. The monoisotopic (exact) mass is 519 g/mol. The molecular formula is C26H27Cl2NO6. The highest BCUT2D eigenvalue weighted by Crippen LogP contribution is 2.47. The first-order valence-corrected chi connectivity index (χ1v) is 11.8. The lowest BCUT2D eigenvalue weighted by atomic mass is 9.94. The molecule has 35 heavy (non-hydrogen) atoms. The Morgan fingerprint density at radius 2 is 1.89 bits per heavy atom. The van der Waals surface area contributed by atoms with Crippen molar-refractivity contribution in [2.75, 3.05) is 27.4 Å².